The van der Waals surface area contributed by atoms with Gasteiger partial charge >= 0.3 is 0 Å². The SMILES string of the molecule is CCOCCCN1C(=O)C(Nc2cccc(OCC)c2)=C(c2cccs2)C1=O. The van der Waals surface area contributed by atoms with Crippen LogP contribution in [0.1, 0.15) is 25.1 Å². The van der Waals surface area contributed by atoms with Crippen LogP contribution >= 0.6 is 11.3 Å². The van der Waals surface area contributed by atoms with Crippen molar-refractivity contribution in [3.05, 3.63) is 52.4 Å². The maximum absolute atomic E-state index is 13.0. The van der Waals surface area contributed by atoms with E-state index < -0.39 is 0 Å². The van der Waals surface area contributed by atoms with E-state index in [1.165, 1.54) is 16.2 Å². The molecule has 1 aromatic carbocycles. The molecule has 2 aromatic rings. The molecule has 7 heteroatoms. The van der Waals surface area contributed by atoms with Gasteiger partial charge in [0.2, 0.25) is 0 Å². The first-order chi connectivity index (χ1) is 13.7. The van der Waals surface area contributed by atoms with Crippen LogP contribution in [0, 0.1) is 0 Å². The molecule has 0 radical (unpaired) electrons. The van der Waals surface area contributed by atoms with Crippen molar-refractivity contribution in [2.24, 2.45) is 0 Å². The lowest BCUT2D eigenvalue weighted by atomic mass is 10.2. The van der Waals surface area contributed by atoms with Crippen molar-refractivity contribution in [3.8, 4) is 5.75 Å². The summed E-state index contributed by atoms with van der Waals surface area (Å²) in [6.45, 7) is 5.84. The van der Waals surface area contributed by atoms with E-state index in [0.717, 1.165) is 4.88 Å². The summed E-state index contributed by atoms with van der Waals surface area (Å²) >= 11 is 1.44. The summed E-state index contributed by atoms with van der Waals surface area (Å²) in [5, 5.41) is 5.05. The molecule has 1 N–H and O–H groups in total. The van der Waals surface area contributed by atoms with Gasteiger partial charge in [0.05, 0.1) is 12.2 Å². The Bertz CT molecular complexity index is 861. The number of anilines is 1. The van der Waals surface area contributed by atoms with Crippen molar-refractivity contribution < 1.29 is 19.1 Å². The highest BCUT2D eigenvalue weighted by atomic mass is 32.1. The van der Waals surface area contributed by atoms with Crippen LogP contribution in [0.25, 0.3) is 5.57 Å². The smallest absolute Gasteiger partial charge is 0.278 e. The second kappa shape index (κ2) is 9.52. The Hall–Kier alpha value is -2.64. The molecule has 1 aliphatic heterocycles. The number of nitrogens with one attached hydrogen (secondary N) is 1. The molecule has 0 aliphatic carbocycles. The van der Waals surface area contributed by atoms with Gasteiger partial charge in [0.1, 0.15) is 11.4 Å². The van der Waals surface area contributed by atoms with E-state index >= 15 is 0 Å². The molecule has 3 rings (SSSR count). The van der Waals surface area contributed by atoms with E-state index in [4.69, 9.17) is 9.47 Å². The first-order valence-corrected chi connectivity index (χ1v) is 10.3. The summed E-state index contributed by atoms with van der Waals surface area (Å²) in [5.74, 6) is 0.121. The Balaban J connectivity index is 1.87. The lowest BCUT2D eigenvalue weighted by molar-refractivity contribution is -0.137. The lowest BCUT2D eigenvalue weighted by Crippen LogP contribution is -2.33. The van der Waals surface area contributed by atoms with Crippen LogP contribution in [0.2, 0.25) is 0 Å². The van der Waals surface area contributed by atoms with Gasteiger partial charge in [-0.1, -0.05) is 12.1 Å². The average molecular weight is 401 g/mol. The molecule has 0 bridgehead atoms. The van der Waals surface area contributed by atoms with E-state index in [-0.39, 0.29) is 11.8 Å². The van der Waals surface area contributed by atoms with E-state index in [0.29, 0.717) is 55.5 Å². The lowest BCUT2D eigenvalue weighted by Gasteiger charge is -2.15. The summed E-state index contributed by atoms with van der Waals surface area (Å²) in [6, 6.07) is 11.1. The monoisotopic (exact) mass is 400 g/mol. The highest BCUT2D eigenvalue weighted by molar-refractivity contribution is 7.11. The van der Waals surface area contributed by atoms with Gasteiger partial charge < -0.3 is 14.8 Å². The zero-order valence-corrected chi connectivity index (χ0v) is 16.9. The number of hydrogen-bond acceptors (Lipinski definition) is 6. The molecule has 0 unspecified atom stereocenters. The third-order valence-electron chi connectivity index (χ3n) is 4.22. The zero-order valence-electron chi connectivity index (χ0n) is 16.1. The van der Waals surface area contributed by atoms with Gasteiger partial charge in [-0.25, -0.2) is 0 Å². The number of hydrogen-bond donors (Lipinski definition) is 1. The molecule has 2 heterocycles. The normalized spacial score (nSPS) is 14.1. The number of benzene rings is 1. The van der Waals surface area contributed by atoms with Crippen LogP contribution in [-0.4, -0.2) is 43.1 Å². The molecule has 148 valence electrons. The van der Waals surface area contributed by atoms with Crippen LogP contribution in [0.4, 0.5) is 5.69 Å². The average Bonchev–Trinajstić information content (AvgIpc) is 3.28. The molecule has 28 heavy (non-hydrogen) atoms. The van der Waals surface area contributed by atoms with E-state index in [2.05, 4.69) is 5.32 Å². The third kappa shape index (κ3) is 4.43. The molecule has 6 nitrogen and oxygen atoms in total. The molecule has 0 atom stereocenters. The molecule has 1 aromatic heterocycles. The Morgan fingerprint density at radius 2 is 1.93 bits per heavy atom. The summed E-state index contributed by atoms with van der Waals surface area (Å²) in [5.41, 5.74) is 1.42. The van der Waals surface area contributed by atoms with Crippen LogP contribution in [0.3, 0.4) is 0 Å². The quantitative estimate of drug-likeness (QED) is 0.486. The fraction of sp³-hybridized carbons (Fsp3) is 0.333. The number of ether oxygens (including phenoxy) is 2. The summed E-state index contributed by atoms with van der Waals surface area (Å²) in [4.78, 5) is 28.1. The number of carbonyl (C=O) groups excluding carboxylic acids is 2. The van der Waals surface area contributed by atoms with Crippen LogP contribution in [-0.2, 0) is 14.3 Å². The first-order valence-electron chi connectivity index (χ1n) is 9.37. The number of thiophene rings is 1. The predicted molar refractivity (Wildman–Crippen MR) is 110 cm³/mol. The molecule has 0 saturated carbocycles. The van der Waals surface area contributed by atoms with Crippen LogP contribution in [0.5, 0.6) is 5.75 Å². The van der Waals surface area contributed by atoms with Gasteiger partial charge in [-0.2, -0.15) is 0 Å². The van der Waals surface area contributed by atoms with Gasteiger partial charge in [-0.15, -0.1) is 11.3 Å². The Morgan fingerprint density at radius 3 is 2.64 bits per heavy atom. The second-order valence-corrected chi connectivity index (χ2v) is 7.07. The Kier molecular flexibility index (Phi) is 6.84. The van der Waals surface area contributed by atoms with Gasteiger partial charge in [0.25, 0.3) is 11.8 Å². The summed E-state index contributed by atoms with van der Waals surface area (Å²) in [6.07, 6.45) is 0.607. The molecular weight excluding hydrogens is 376 g/mol. The maximum Gasteiger partial charge on any atom is 0.278 e. The van der Waals surface area contributed by atoms with Crippen molar-refractivity contribution >= 4 is 34.4 Å². The fourth-order valence-electron chi connectivity index (χ4n) is 2.99. The molecule has 1 aliphatic rings. The molecular formula is C21H24N2O4S. The van der Waals surface area contributed by atoms with E-state index in [1.54, 1.807) is 0 Å². The molecule has 0 saturated heterocycles. The number of imide groups is 1. The largest absolute Gasteiger partial charge is 0.494 e. The van der Waals surface area contributed by atoms with Crippen molar-refractivity contribution in [1.29, 1.82) is 0 Å². The zero-order chi connectivity index (χ0) is 19.9. The minimum Gasteiger partial charge on any atom is -0.494 e. The maximum atomic E-state index is 13.0. The number of rotatable bonds is 10. The van der Waals surface area contributed by atoms with Gasteiger partial charge in [0, 0.05) is 36.4 Å². The molecule has 0 spiro atoms. The fourth-order valence-corrected chi connectivity index (χ4v) is 3.76. The van der Waals surface area contributed by atoms with Crippen LogP contribution in [0.15, 0.2) is 47.5 Å². The summed E-state index contributed by atoms with van der Waals surface area (Å²) < 4.78 is 10.9. The Morgan fingerprint density at radius 1 is 1.07 bits per heavy atom. The van der Waals surface area contributed by atoms with Crippen molar-refractivity contribution in [2.75, 3.05) is 31.7 Å². The minimum atomic E-state index is -0.313. The second-order valence-electron chi connectivity index (χ2n) is 6.13. The van der Waals surface area contributed by atoms with Gasteiger partial charge in [-0.05, 0) is 43.8 Å². The highest BCUT2D eigenvalue weighted by Gasteiger charge is 2.39. The number of carbonyl (C=O) groups is 2. The standard InChI is InChI=1S/C21H24N2O4S/c1-3-26-12-7-11-23-20(24)18(17-10-6-13-28-17)19(21(23)25)22-15-8-5-9-16(14-15)27-4-2/h5-6,8-10,13-14,22H,3-4,7,11-12H2,1-2H3. The van der Waals surface area contributed by atoms with E-state index in [1.807, 2.05) is 55.6 Å². The number of nitrogens with zero attached hydrogens (tertiary/aromatic N) is 1. The minimum absolute atomic E-state index is 0.271. The first kappa shape index (κ1) is 20.1. The molecule has 0 fully saturated rings. The van der Waals surface area contributed by atoms with Crippen molar-refractivity contribution in [1.82, 2.24) is 4.90 Å². The topological polar surface area (TPSA) is 67.9 Å². The van der Waals surface area contributed by atoms with E-state index in [9.17, 15) is 9.59 Å². The van der Waals surface area contributed by atoms with Crippen molar-refractivity contribution in [3.63, 3.8) is 0 Å². The number of amides is 2. The summed E-state index contributed by atoms with van der Waals surface area (Å²) in [7, 11) is 0. The third-order valence-corrected chi connectivity index (χ3v) is 5.11. The van der Waals surface area contributed by atoms with Crippen molar-refractivity contribution in [2.45, 2.75) is 20.3 Å². The Labute approximate surface area is 168 Å². The highest BCUT2D eigenvalue weighted by Crippen LogP contribution is 2.33. The van der Waals surface area contributed by atoms with Crippen LogP contribution < -0.4 is 10.1 Å². The van der Waals surface area contributed by atoms with Gasteiger partial charge in [-0.3, -0.25) is 14.5 Å². The predicted octanol–water partition coefficient (Wildman–Crippen LogP) is 3.77. The van der Waals surface area contributed by atoms with Gasteiger partial charge in [0.15, 0.2) is 0 Å². The molecule has 2 amide bonds.